The van der Waals surface area contributed by atoms with Crippen molar-refractivity contribution in [3.63, 3.8) is 0 Å². The molecule has 0 aliphatic carbocycles. The Morgan fingerprint density at radius 3 is 2.44 bits per heavy atom. The van der Waals surface area contributed by atoms with Crippen LogP contribution in [0.3, 0.4) is 0 Å². The van der Waals surface area contributed by atoms with E-state index in [1.54, 1.807) is 0 Å². The van der Waals surface area contributed by atoms with Gasteiger partial charge in [-0.3, -0.25) is 9.69 Å². The molecule has 1 fully saturated rings. The minimum absolute atomic E-state index is 0.101. The van der Waals surface area contributed by atoms with Crippen molar-refractivity contribution < 1.29 is 19.7 Å². The van der Waals surface area contributed by atoms with E-state index >= 15 is 0 Å². The van der Waals surface area contributed by atoms with E-state index < -0.39 is 5.97 Å². The molecule has 1 aliphatic rings. The molecule has 5 nitrogen and oxygen atoms in total. The molecule has 2 aromatic carbocycles. The molecule has 0 bridgehead atoms. The molecule has 0 spiro atoms. The third kappa shape index (κ3) is 6.03. The molecule has 1 saturated heterocycles. The molecule has 2 aromatic rings. The van der Waals surface area contributed by atoms with Gasteiger partial charge in [0.15, 0.2) is 0 Å². The lowest BCUT2D eigenvalue weighted by atomic mass is 10.1. The number of nitrogens with zero attached hydrogens (tertiary/aromatic N) is 1. The quantitative estimate of drug-likeness (QED) is 0.871. The van der Waals surface area contributed by atoms with Crippen molar-refractivity contribution in [2.75, 3.05) is 26.3 Å². The van der Waals surface area contributed by atoms with Gasteiger partial charge in [-0.1, -0.05) is 42.8 Å². The summed E-state index contributed by atoms with van der Waals surface area (Å²) in [5.41, 5.74) is 0. The first-order valence-electron chi connectivity index (χ1n) is 8.77. The van der Waals surface area contributed by atoms with Crippen LogP contribution in [-0.4, -0.2) is 53.4 Å². The molecule has 1 atom stereocenters. The van der Waals surface area contributed by atoms with Gasteiger partial charge in [-0.15, -0.1) is 0 Å². The maximum Gasteiger partial charge on any atom is 0.300 e. The summed E-state index contributed by atoms with van der Waals surface area (Å²) in [5.74, 6) is 0.0727. The van der Waals surface area contributed by atoms with Crippen LogP contribution in [0.25, 0.3) is 10.8 Å². The molecular formula is C20H27NO4. The monoisotopic (exact) mass is 345 g/mol. The summed E-state index contributed by atoms with van der Waals surface area (Å²) < 4.78 is 6.02. The number of aliphatic hydroxyl groups excluding tert-OH is 1. The van der Waals surface area contributed by atoms with Crippen molar-refractivity contribution in [2.45, 2.75) is 32.2 Å². The van der Waals surface area contributed by atoms with Crippen molar-refractivity contribution in [3.8, 4) is 5.75 Å². The number of hydrogen-bond acceptors (Lipinski definition) is 4. The topological polar surface area (TPSA) is 70.0 Å². The SMILES string of the molecule is CC(=O)O.OCC(COc1cccc2ccccc12)N1CCCCC1. The smallest absolute Gasteiger partial charge is 0.300 e. The van der Waals surface area contributed by atoms with Crippen molar-refractivity contribution in [3.05, 3.63) is 42.5 Å². The molecule has 2 N–H and O–H groups in total. The van der Waals surface area contributed by atoms with Crippen molar-refractivity contribution in [1.82, 2.24) is 4.90 Å². The van der Waals surface area contributed by atoms with Gasteiger partial charge in [-0.2, -0.15) is 0 Å². The van der Waals surface area contributed by atoms with Gasteiger partial charge in [0.25, 0.3) is 5.97 Å². The van der Waals surface area contributed by atoms with Crippen LogP contribution in [0.5, 0.6) is 5.75 Å². The molecule has 3 rings (SSSR count). The van der Waals surface area contributed by atoms with E-state index in [0.29, 0.717) is 6.61 Å². The standard InChI is InChI=1S/C18H23NO2.C2H4O2/c20-13-16(19-11-4-1-5-12-19)14-21-18-10-6-8-15-7-2-3-9-17(15)18;1-2(3)4/h2-3,6-10,16,20H,1,4-5,11-14H2;1H3,(H,3,4). The molecule has 1 aliphatic heterocycles. The van der Waals surface area contributed by atoms with Crippen LogP contribution in [0, 0.1) is 0 Å². The Bertz CT molecular complexity index is 658. The summed E-state index contributed by atoms with van der Waals surface area (Å²) in [4.78, 5) is 11.4. The van der Waals surface area contributed by atoms with Crippen LogP contribution in [0.4, 0.5) is 0 Å². The van der Waals surface area contributed by atoms with Gasteiger partial charge in [0.2, 0.25) is 0 Å². The fourth-order valence-corrected chi connectivity index (χ4v) is 3.06. The van der Waals surface area contributed by atoms with Crippen LogP contribution in [0.1, 0.15) is 26.2 Å². The molecule has 1 heterocycles. The van der Waals surface area contributed by atoms with E-state index in [4.69, 9.17) is 14.6 Å². The lowest BCUT2D eigenvalue weighted by molar-refractivity contribution is -0.134. The number of ether oxygens (including phenoxy) is 1. The van der Waals surface area contributed by atoms with E-state index in [-0.39, 0.29) is 12.6 Å². The normalized spacial score (nSPS) is 15.9. The largest absolute Gasteiger partial charge is 0.491 e. The van der Waals surface area contributed by atoms with Gasteiger partial charge in [0, 0.05) is 12.3 Å². The molecule has 0 aromatic heterocycles. The maximum atomic E-state index is 9.65. The third-order valence-corrected chi connectivity index (χ3v) is 4.30. The number of rotatable bonds is 5. The van der Waals surface area contributed by atoms with Crippen LogP contribution in [-0.2, 0) is 4.79 Å². The molecule has 1 unspecified atom stereocenters. The zero-order valence-electron chi connectivity index (χ0n) is 14.7. The van der Waals surface area contributed by atoms with E-state index in [1.165, 1.54) is 24.6 Å². The Labute approximate surface area is 148 Å². The number of carboxylic acids is 1. The predicted octanol–water partition coefficient (Wildman–Crippen LogP) is 3.16. The fraction of sp³-hybridized carbons (Fsp3) is 0.450. The van der Waals surface area contributed by atoms with Crippen LogP contribution in [0.15, 0.2) is 42.5 Å². The second kappa shape index (κ2) is 10.0. The van der Waals surface area contributed by atoms with Gasteiger partial charge in [0.05, 0.1) is 12.6 Å². The highest BCUT2D eigenvalue weighted by Crippen LogP contribution is 2.25. The Balaban J connectivity index is 0.000000511. The fourth-order valence-electron chi connectivity index (χ4n) is 3.06. The average Bonchev–Trinajstić information content (AvgIpc) is 2.63. The van der Waals surface area contributed by atoms with E-state index in [1.807, 2.05) is 24.3 Å². The summed E-state index contributed by atoms with van der Waals surface area (Å²) in [6.45, 7) is 3.93. The molecule has 5 heteroatoms. The van der Waals surface area contributed by atoms with E-state index in [0.717, 1.165) is 31.1 Å². The highest BCUT2D eigenvalue weighted by atomic mass is 16.5. The van der Waals surface area contributed by atoms with E-state index in [2.05, 4.69) is 23.1 Å². The molecule has 136 valence electrons. The lowest BCUT2D eigenvalue weighted by Crippen LogP contribution is -2.44. The molecule has 25 heavy (non-hydrogen) atoms. The Morgan fingerprint density at radius 1 is 1.12 bits per heavy atom. The molecular weight excluding hydrogens is 318 g/mol. The van der Waals surface area contributed by atoms with Crippen molar-refractivity contribution >= 4 is 16.7 Å². The Kier molecular flexibility index (Phi) is 7.70. The highest BCUT2D eigenvalue weighted by Gasteiger charge is 2.20. The minimum atomic E-state index is -0.833. The third-order valence-electron chi connectivity index (χ3n) is 4.30. The number of aliphatic carboxylic acids is 1. The van der Waals surface area contributed by atoms with Gasteiger partial charge < -0.3 is 14.9 Å². The maximum absolute atomic E-state index is 9.65. The van der Waals surface area contributed by atoms with Crippen LogP contribution >= 0.6 is 0 Å². The van der Waals surface area contributed by atoms with Gasteiger partial charge in [-0.05, 0) is 37.4 Å². The zero-order chi connectivity index (χ0) is 18.1. The number of carbonyl (C=O) groups is 1. The Hall–Kier alpha value is -2.11. The summed E-state index contributed by atoms with van der Waals surface area (Å²) in [7, 11) is 0. The first-order chi connectivity index (χ1) is 12.1. The predicted molar refractivity (Wildman–Crippen MR) is 99.1 cm³/mol. The number of benzene rings is 2. The summed E-state index contributed by atoms with van der Waals surface area (Å²) >= 11 is 0. The minimum Gasteiger partial charge on any atom is -0.491 e. The van der Waals surface area contributed by atoms with Crippen molar-refractivity contribution in [1.29, 1.82) is 0 Å². The first kappa shape index (κ1) is 19.2. The molecule has 0 amide bonds. The van der Waals surface area contributed by atoms with Crippen molar-refractivity contribution in [2.24, 2.45) is 0 Å². The summed E-state index contributed by atoms with van der Waals surface area (Å²) in [6, 6.07) is 14.5. The second-order valence-electron chi connectivity index (χ2n) is 6.24. The summed E-state index contributed by atoms with van der Waals surface area (Å²) in [6.07, 6.45) is 3.76. The number of fused-ring (bicyclic) bond motifs is 1. The number of likely N-dealkylation sites (tertiary alicyclic amines) is 1. The van der Waals surface area contributed by atoms with E-state index in [9.17, 15) is 5.11 Å². The molecule has 0 radical (unpaired) electrons. The number of carboxylic acid groups (broad SMARTS) is 1. The second-order valence-corrected chi connectivity index (χ2v) is 6.24. The number of piperidine rings is 1. The zero-order valence-corrected chi connectivity index (χ0v) is 14.7. The van der Waals surface area contributed by atoms with Gasteiger partial charge in [0.1, 0.15) is 12.4 Å². The number of aliphatic hydroxyl groups is 1. The van der Waals surface area contributed by atoms with Crippen LogP contribution in [0.2, 0.25) is 0 Å². The Morgan fingerprint density at radius 2 is 1.76 bits per heavy atom. The first-order valence-corrected chi connectivity index (χ1v) is 8.77. The summed E-state index contributed by atoms with van der Waals surface area (Å²) in [5, 5.41) is 19.4. The van der Waals surface area contributed by atoms with Gasteiger partial charge >= 0.3 is 0 Å². The molecule has 0 saturated carbocycles. The van der Waals surface area contributed by atoms with Crippen LogP contribution < -0.4 is 4.74 Å². The number of hydrogen-bond donors (Lipinski definition) is 2. The average molecular weight is 345 g/mol. The highest BCUT2D eigenvalue weighted by molar-refractivity contribution is 5.88. The van der Waals surface area contributed by atoms with Gasteiger partial charge in [-0.25, -0.2) is 0 Å². The lowest BCUT2D eigenvalue weighted by Gasteiger charge is -2.33.